The van der Waals surface area contributed by atoms with Gasteiger partial charge in [-0.15, -0.1) is 0 Å². The van der Waals surface area contributed by atoms with Gasteiger partial charge in [-0.3, -0.25) is 0 Å². The van der Waals surface area contributed by atoms with Crippen molar-refractivity contribution in [1.82, 2.24) is 0 Å². The maximum atomic E-state index is 13.8. The summed E-state index contributed by atoms with van der Waals surface area (Å²) in [5.41, 5.74) is -0.0961. The van der Waals surface area contributed by atoms with Crippen LogP contribution in [-0.2, 0) is 5.41 Å². The van der Waals surface area contributed by atoms with Crippen LogP contribution in [0.4, 0.5) is 13.2 Å². The van der Waals surface area contributed by atoms with E-state index in [2.05, 4.69) is 4.74 Å². The Morgan fingerprint density at radius 1 is 1.06 bits per heavy atom. The highest BCUT2D eigenvalue weighted by Gasteiger charge is 2.27. The number of rotatable bonds is 2. The largest absolute Gasteiger partial charge is 0.430 e. The van der Waals surface area contributed by atoms with E-state index in [0.29, 0.717) is 12.5 Å². The van der Waals surface area contributed by atoms with Gasteiger partial charge in [-0.1, -0.05) is 32.9 Å². The van der Waals surface area contributed by atoms with Gasteiger partial charge >= 0.3 is 6.11 Å². The normalized spacial score (nSPS) is 12.7. The molecule has 0 bridgehead atoms. The molecule has 0 fully saturated rings. The first-order chi connectivity index (χ1) is 7.11. The van der Waals surface area contributed by atoms with E-state index in [1.165, 1.54) is 12.1 Å². The minimum Gasteiger partial charge on any atom is -0.430 e. The van der Waals surface area contributed by atoms with E-state index in [4.69, 9.17) is 0 Å². The van der Waals surface area contributed by atoms with E-state index < -0.39 is 23.1 Å². The molecule has 1 rings (SSSR count). The molecule has 0 saturated heterocycles. The van der Waals surface area contributed by atoms with E-state index in [0.717, 1.165) is 0 Å². The van der Waals surface area contributed by atoms with Gasteiger partial charge in [-0.05, 0) is 17.0 Å². The average Bonchev–Trinajstić information content (AvgIpc) is 2.04. The van der Waals surface area contributed by atoms with Crippen molar-refractivity contribution < 1.29 is 17.9 Å². The fourth-order valence-electron chi connectivity index (χ4n) is 1.36. The molecule has 0 spiro atoms. The molecule has 16 heavy (non-hydrogen) atoms. The quantitative estimate of drug-likeness (QED) is 0.745. The molecule has 0 N–H and O–H groups in total. The molecule has 0 aliphatic rings. The number of ether oxygens (including phenoxy) is 1. The van der Waals surface area contributed by atoms with Gasteiger partial charge in [0.25, 0.3) is 0 Å². The topological polar surface area (TPSA) is 9.23 Å². The van der Waals surface area contributed by atoms with Gasteiger partial charge in [-0.25, -0.2) is 4.39 Å². The fourth-order valence-corrected chi connectivity index (χ4v) is 1.36. The molecular formula is C12H15F3O. The number of hydrogen-bond acceptors (Lipinski definition) is 1. The first kappa shape index (κ1) is 12.9. The Hall–Kier alpha value is -1.19. The van der Waals surface area contributed by atoms with Crippen molar-refractivity contribution in [3.05, 3.63) is 29.6 Å². The fraction of sp³-hybridized carbons (Fsp3) is 0.500. The minimum atomic E-state index is -3.38. The number of hydrogen-bond donors (Lipinski definition) is 0. The lowest BCUT2D eigenvalue weighted by Gasteiger charge is -2.22. The van der Waals surface area contributed by atoms with Crippen molar-refractivity contribution in [2.24, 2.45) is 0 Å². The van der Waals surface area contributed by atoms with E-state index in [9.17, 15) is 13.2 Å². The van der Waals surface area contributed by atoms with E-state index in [-0.39, 0.29) is 0 Å². The highest BCUT2D eigenvalue weighted by Crippen LogP contribution is 2.32. The van der Waals surface area contributed by atoms with Gasteiger partial charge in [0.2, 0.25) is 0 Å². The van der Waals surface area contributed by atoms with Gasteiger partial charge in [-0.2, -0.15) is 8.78 Å². The van der Waals surface area contributed by atoms with Crippen molar-refractivity contribution in [3.8, 4) is 5.75 Å². The molecule has 0 saturated carbocycles. The molecule has 1 aromatic rings. The van der Waals surface area contributed by atoms with Gasteiger partial charge < -0.3 is 4.74 Å². The monoisotopic (exact) mass is 232 g/mol. The third kappa shape index (κ3) is 3.15. The Balaban J connectivity index is 3.15. The lowest BCUT2D eigenvalue weighted by atomic mass is 9.86. The van der Waals surface area contributed by atoms with Crippen LogP contribution in [0.1, 0.15) is 33.3 Å². The summed E-state index contributed by atoms with van der Waals surface area (Å²) < 4.78 is 43.4. The SMILES string of the molecule is CC(F)(F)Oc1cccc(C(C)(C)C)c1F. The van der Waals surface area contributed by atoms with Crippen LogP contribution < -0.4 is 4.74 Å². The third-order valence-electron chi connectivity index (χ3n) is 2.06. The Morgan fingerprint density at radius 3 is 2.06 bits per heavy atom. The molecule has 0 radical (unpaired) electrons. The second-order valence-electron chi connectivity index (χ2n) is 4.78. The second-order valence-corrected chi connectivity index (χ2v) is 4.78. The summed E-state index contributed by atoms with van der Waals surface area (Å²) in [4.78, 5) is 0. The Bertz CT molecular complexity index is 375. The number of benzene rings is 1. The maximum Gasteiger partial charge on any atom is 0.395 e. The molecular weight excluding hydrogens is 217 g/mol. The molecule has 4 heteroatoms. The van der Waals surface area contributed by atoms with Crippen LogP contribution in [0.25, 0.3) is 0 Å². The molecule has 0 heterocycles. The van der Waals surface area contributed by atoms with Crippen LogP contribution in [0.3, 0.4) is 0 Å². The Morgan fingerprint density at radius 2 is 1.62 bits per heavy atom. The first-order valence-corrected chi connectivity index (χ1v) is 4.97. The summed E-state index contributed by atoms with van der Waals surface area (Å²) in [6.45, 7) is 5.99. The van der Waals surface area contributed by atoms with Crippen LogP contribution in [0.15, 0.2) is 18.2 Å². The summed E-state index contributed by atoms with van der Waals surface area (Å²) >= 11 is 0. The Kier molecular flexibility index (Phi) is 3.22. The Labute approximate surface area is 93.2 Å². The smallest absolute Gasteiger partial charge is 0.395 e. The third-order valence-corrected chi connectivity index (χ3v) is 2.06. The van der Waals surface area contributed by atoms with E-state index in [1.807, 2.05) is 0 Å². The highest BCUT2D eigenvalue weighted by atomic mass is 19.3. The molecule has 1 nitrogen and oxygen atoms in total. The van der Waals surface area contributed by atoms with Crippen molar-refractivity contribution in [2.75, 3.05) is 0 Å². The van der Waals surface area contributed by atoms with E-state index in [1.54, 1.807) is 26.8 Å². The van der Waals surface area contributed by atoms with Gasteiger partial charge in [0, 0.05) is 6.92 Å². The summed E-state index contributed by atoms with van der Waals surface area (Å²) in [5.74, 6) is -1.14. The van der Waals surface area contributed by atoms with Gasteiger partial charge in [0.05, 0.1) is 0 Å². The standard InChI is InChI=1S/C12H15F3O/c1-11(2,3)8-6-5-7-9(10(8)13)16-12(4,14)15/h5-7H,1-4H3. The summed E-state index contributed by atoms with van der Waals surface area (Å²) in [5, 5.41) is 0. The second kappa shape index (κ2) is 4.00. The minimum absolute atomic E-state index is 0.356. The molecule has 0 atom stereocenters. The number of alkyl halides is 2. The van der Waals surface area contributed by atoms with Crippen molar-refractivity contribution in [1.29, 1.82) is 0 Å². The lowest BCUT2D eigenvalue weighted by molar-refractivity contribution is -0.160. The average molecular weight is 232 g/mol. The molecule has 90 valence electrons. The summed E-state index contributed by atoms with van der Waals surface area (Å²) in [6.07, 6.45) is -3.38. The summed E-state index contributed by atoms with van der Waals surface area (Å²) in [7, 11) is 0. The highest BCUT2D eigenvalue weighted by molar-refractivity contribution is 5.35. The zero-order chi connectivity index (χ0) is 12.6. The van der Waals surface area contributed by atoms with Crippen LogP contribution >= 0.6 is 0 Å². The maximum absolute atomic E-state index is 13.8. The molecule has 0 unspecified atom stereocenters. The van der Waals surface area contributed by atoms with Crippen molar-refractivity contribution in [2.45, 2.75) is 39.2 Å². The molecule has 0 aromatic heterocycles. The van der Waals surface area contributed by atoms with E-state index >= 15 is 0 Å². The van der Waals surface area contributed by atoms with Gasteiger partial charge in [0.1, 0.15) is 0 Å². The van der Waals surface area contributed by atoms with Crippen LogP contribution in [0.2, 0.25) is 0 Å². The summed E-state index contributed by atoms with van der Waals surface area (Å²) in [6, 6.07) is 4.27. The molecule has 0 aliphatic heterocycles. The van der Waals surface area contributed by atoms with Crippen LogP contribution in [-0.4, -0.2) is 6.11 Å². The van der Waals surface area contributed by atoms with Crippen LogP contribution in [0, 0.1) is 5.82 Å². The zero-order valence-electron chi connectivity index (χ0n) is 9.77. The molecule has 0 aliphatic carbocycles. The zero-order valence-corrected chi connectivity index (χ0v) is 9.77. The van der Waals surface area contributed by atoms with Crippen molar-refractivity contribution >= 4 is 0 Å². The predicted molar refractivity (Wildman–Crippen MR) is 56.3 cm³/mol. The number of halogens is 3. The van der Waals surface area contributed by atoms with Crippen LogP contribution in [0.5, 0.6) is 5.75 Å². The first-order valence-electron chi connectivity index (χ1n) is 4.97. The van der Waals surface area contributed by atoms with Crippen molar-refractivity contribution in [3.63, 3.8) is 0 Å². The molecule has 1 aromatic carbocycles. The van der Waals surface area contributed by atoms with Gasteiger partial charge in [0.15, 0.2) is 11.6 Å². The lowest BCUT2D eigenvalue weighted by Crippen LogP contribution is -2.21. The molecule has 0 amide bonds. The predicted octanol–water partition coefficient (Wildman–Crippen LogP) is 4.11.